The summed E-state index contributed by atoms with van der Waals surface area (Å²) >= 11 is 0. The third-order valence-corrected chi connectivity index (χ3v) is 6.51. The molecule has 160 valence electrons. The van der Waals surface area contributed by atoms with Gasteiger partial charge in [0.25, 0.3) is 0 Å². The fourth-order valence-corrected chi connectivity index (χ4v) is 4.82. The van der Waals surface area contributed by atoms with E-state index < -0.39 is 0 Å². The summed E-state index contributed by atoms with van der Waals surface area (Å²) in [6.45, 7) is 8.10. The average Bonchev–Trinajstić information content (AvgIpc) is 3.24. The molecular formula is C28H38N2. The minimum Gasteiger partial charge on any atom is -0.335 e. The zero-order valence-corrected chi connectivity index (χ0v) is 19.1. The first kappa shape index (κ1) is 22.3. The number of aromatic nitrogens is 2. The molecule has 0 aliphatic heterocycles. The molecule has 2 heteroatoms. The van der Waals surface area contributed by atoms with Crippen LogP contribution in [0.4, 0.5) is 0 Å². The monoisotopic (exact) mass is 402 g/mol. The summed E-state index contributed by atoms with van der Waals surface area (Å²) in [4.78, 5) is 4.93. The summed E-state index contributed by atoms with van der Waals surface area (Å²) in [5.41, 5.74) is 2.80. The molecule has 3 rings (SSSR count). The fraction of sp³-hybridized carbons (Fsp3) is 0.464. The van der Waals surface area contributed by atoms with Crippen LogP contribution in [0.5, 0.6) is 0 Å². The minimum absolute atomic E-state index is 0.00878. The molecule has 3 aromatic rings. The molecular weight excluding hydrogens is 364 g/mol. The quantitative estimate of drug-likeness (QED) is 0.286. The van der Waals surface area contributed by atoms with E-state index in [9.17, 15) is 0 Å². The maximum absolute atomic E-state index is 4.93. The lowest BCUT2D eigenvalue weighted by atomic mass is 9.66. The molecule has 1 aromatic heterocycles. The molecule has 0 bridgehead atoms. The van der Waals surface area contributed by atoms with Crippen molar-refractivity contribution in [1.82, 2.24) is 9.55 Å². The smallest absolute Gasteiger partial charge is 0.112 e. The van der Waals surface area contributed by atoms with Gasteiger partial charge in [0, 0.05) is 30.3 Å². The number of benzene rings is 2. The second-order valence-corrected chi connectivity index (χ2v) is 8.83. The first-order valence-corrected chi connectivity index (χ1v) is 11.8. The van der Waals surface area contributed by atoms with E-state index >= 15 is 0 Å². The topological polar surface area (TPSA) is 17.8 Å². The predicted octanol–water partition coefficient (Wildman–Crippen LogP) is 7.55. The maximum atomic E-state index is 4.93. The van der Waals surface area contributed by atoms with Crippen LogP contribution in [0, 0.1) is 0 Å². The molecule has 0 aliphatic carbocycles. The lowest BCUT2D eigenvalue weighted by Crippen LogP contribution is -2.35. The maximum Gasteiger partial charge on any atom is 0.112 e. The fourth-order valence-electron chi connectivity index (χ4n) is 4.82. The Balaban J connectivity index is 1.98. The summed E-state index contributed by atoms with van der Waals surface area (Å²) < 4.78 is 2.43. The van der Waals surface area contributed by atoms with E-state index in [0.717, 1.165) is 25.8 Å². The van der Waals surface area contributed by atoms with E-state index in [0.29, 0.717) is 5.92 Å². The molecule has 0 saturated carbocycles. The number of hydrogen-bond donors (Lipinski definition) is 0. The number of hydrogen-bond acceptors (Lipinski definition) is 1. The lowest BCUT2D eigenvalue weighted by molar-refractivity contribution is 0.328. The standard InChI is InChI=1S/C28H38N2/c1-4-6-7-14-21-30-22-20-29-27(30)26(15-5-2)28(3,25-18-12-9-13-19-25)23-24-16-10-8-11-17-24/h8-13,16-20,22,26H,4-7,14-15,21,23H2,1-3H3. The lowest BCUT2D eigenvalue weighted by Gasteiger charge is -2.39. The van der Waals surface area contributed by atoms with Crippen LogP contribution in [-0.2, 0) is 18.4 Å². The number of unbranched alkanes of at least 4 members (excludes halogenated alkanes) is 3. The van der Waals surface area contributed by atoms with Crippen molar-refractivity contribution in [3.8, 4) is 0 Å². The Morgan fingerprint density at radius 3 is 2.23 bits per heavy atom. The van der Waals surface area contributed by atoms with Gasteiger partial charge < -0.3 is 4.57 Å². The Labute approximate surface area is 183 Å². The zero-order valence-electron chi connectivity index (χ0n) is 19.1. The zero-order chi connectivity index (χ0) is 21.2. The average molecular weight is 403 g/mol. The molecule has 2 unspecified atom stereocenters. The number of imidazole rings is 1. The summed E-state index contributed by atoms with van der Waals surface area (Å²) in [5, 5.41) is 0. The second kappa shape index (κ2) is 11.2. The normalized spacial score (nSPS) is 14.4. The summed E-state index contributed by atoms with van der Waals surface area (Å²) in [6.07, 6.45) is 12.6. The molecule has 0 amide bonds. The molecule has 1 heterocycles. The molecule has 0 radical (unpaired) electrons. The van der Waals surface area contributed by atoms with Gasteiger partial charge in [0.15, 0.2) is 0 Å². The van der Waals surface area contributed by atoms with E-state index in [1.54, 1.807) is 0 Å². The van der Waals surface area contributed by atoms with Crippen molar-refractivity contribution in [1.29, 1.82) is 0 Å². The van der Waals surface area contributed by atoms with Gasteiger partial charge in [0.2, 0.25) is 0 Å². The Kier molecular flexibility index (Phi) is 8.30. The molecule has 0 fully saturated rings. The van der Waals surface area contributed by atoms with Gasteiger partial charge in [-0.05, 0) is 30.4 Å². The van der Waals surface area contributed by atoms with E-state index in [-0.39, 0.29) is 5.41 Å². The number of rotatable bonds is 12. The van der Waals surface area contributed by atoms with Crippen molar-refractivity contribution in [2.75, 3.05) is 0 Å². The van der Waals surface area contributed by atoms with Gasteiger partial charge in [-0.3, -0.25) is 0 Å². The summed E-state index contributed by atoms with van der Waals surface area (Å²) in [5.74, 6) is 1.64. The third kappa shape index (κ3) is 5.41. The highest BCUT2D eigenvalue weighted by atomic mass is 15.1. The molecule has 2 atom stereocenters. The van der Waals surface area contributed by atoms with Crippen molar-refractivity contribution in [2.24, 2.45) is 0 Å². The van der Waals surface area contributed by atoms with Gasteiger partial charge in [-0.15, -0.1) is 0 Å². The van der Waals surface area contributed by atoms with Crippen LogP contribution in [0.25, 0.3) is 0 Å². The minimum atomic E-state index is -0.00878. The molecule has 2 nitrogen and oxygen atoms in total. The van der Waals surface area contributed by atoms with Gasteiger partial charge in [0.05, 0.1) is 0 Å². The van der Waals surface area contributed by atoms with Crippen molar-refractivity contribution in [2.45, 2.75) is 83.6 Å². The largest absolute Gasteiger partial charge is 0.335 e. The van der Waals surface area contributed by atoms with Gasteiger partial charge in [-0.25, -0.2) is 4.98 Å². The van der Waals surface area contributed by atoms with Crippen LogP contribution in [0.2, 0.25) is 0 Å². The van der Waals surface area contributed by atoms with Crippen LogP contribution in [0.1, 0.15) is 82.2 Å². The van der Waals surface area contributed by atoms with E-state index in [1.807, 2.05) is 6.20 Å². The highest BCUT2D eigenvalue weighted by Crippen LogP contribution is 2.44. The van der Waals surface area contributed by atoms with E-state index in [1.165, 1.54) is 42.6 Å². The van der Waals surface area contributed by atoms with E-state index in [2.05, 4.69) is 92.2 Å². The van der Waals surface area contributed by atoms with Crippen LogP contribution in [0.15, 0.2) is 73.1 Å². The molecule has 2 aromatic carbocycles. The van der Waals surface area contributed by atoms with Crippen molar-refractivity contribution >= 4 is 0 Å². The van der Waals surface area contributed by atoms with Gasteiger partial charge in [-0.1, -0.05) is 107 Å². The number of nitrogens with zero attached hydrogens (tertiary/aromatic N) is 2. The predicted molar refractivity (Wildman–Crippen MR) is 128 cm³/mol. The summed E-state index contributed by atoms with van der Waals surface area (Å²) in [7, 11) is 0. The molecule has 0 saturated heterocycles. The third-order valence-electron chi connectivity index (χ3n) is 6.51. The van der Waals surface area contributed by atoms with Crippen LogP contribution in [-0.4, -0.2) is 9.55 Å². The Morgan fingerprint density at radius 2 is 1.57 bits per heavy atom. The highest BCUT2D eigenvalue weighted by Gasteiger charge is 2.38. The van der Waals surface area contributed by atoms with Gasteiger partial charge >= 0.3 is 0 Å². The second-order valence-electron chi connectivity index (χ2n) is 8.83. The number of aryl methyl sites for hydroxylation is 1. The van der Waals surface area contributed by atoms with Crippen LogP contribution in [0.3, 0.4) is 0 Å². The van der Waals surface area contributed by atoms with Gasteiger partial charge in [0.1, 0.15) is 5.82 Å². The Hall–Kier alpha value is -2.35. The van der Waals surface area contributed by atoms with Crippen LogP contribution < -0.4 is 0 Å². The summed E-state index contributed by atoms with van der Waals surface area (Å²) in [6, 6.07) is 22.0. The molecule has 0 aliphatic rings. The van der Waals surface area contributed by atoms with Crippen molar-refractivity contribution in [3.05, 3.63) is 90.0 Å². The Bertz CT molecular complexity index is 853. The van der Waals surface area contributed by atoms with Crippen molar-refractivity contribution in [3.63, 3.8) is 0 Å². The SMILES string of the molecule is CCCCCCn1ccnc1C(CCC)C(C)(Cc1ccccc1)c1ccccc1. The Morgan fingerprint density at radius 1 is 0.867 bits per heavy atom. The van der Waals surface area contributed by atoms with Gasteiger partial charge in [-0.2, -0.15) is 0 Å². The molecule has 0 N–H and O–H groups in total. The van der Waals surface area contributed by atoms with Crippen LogP contribution >= 0.6 is 0 Å². The molecule has 30 heavy (non-hydrogen) atoms. The van der Waals surface area contributed by atoms with E-state index in [4.69, 9.17) is 4.98 Å². The van der Waals surface area contributed by atoms with Crippen molar-refractivity contribution < 1.29 is 0 Å². The first-order chi connectivity index (χ1) is 14.7. The first-order valence-electron chi connectivity index (χ1n) is 11.8. The highest BCUT2D eigenvalue weighted by molar-refractivity contribution is 5.33. The molecule has 0 spiro atoms.